The molecule has 4 nitrogen and oxygen atoms in total. The first kappa shape index (κ1) is 12.5. The highest BCUT2D eigenvalue weighted by Crippen LogP contribution is 2.16. The number of amides is 1. The van der Waals surface area contributed by atoms with Crippen LogP contribution in [0.25, 0.3) is 0 Å². The van der Waals surface area contributed by atoms with E-state index in [-0.39, 0.29) is 17.4 Å². The van der Waals surface area contributed by atoms with Crippen molar-refractivity contribution in [2.45, 2.75) is 26.8 Å². The van der Waals surface area contributed by atoms with Crippen LogP contribution in [0.4, 0.5) is 0 Å². The van der Waals surface area contributed by atoms with Crippen LogP contribution in [0.1, 0.15) is 20.8 Å². The van der Waals surface area contributed by atoms with E-state index in [1.807, 2.05) is 4.90 Å². The van der Waals surface area contributed by atoms with Crippen LogP contribution in [0.5, 0.6) is 0 Å². The average Bonchev–Trinajstić information content (AvgIpc) is 2.28. The van der Waals surface area contributed by atoms with Crippen molar-refractivity contribution in [1.82, 2.24) is 10.2 Å². The molecule has 1 aliphatic rings. The Morgan fingerprint density at radius 3 is 2.73 bits per heavy atom. The highest BCUT2D eigenvalue weighted by Gasteiger charge is 2.28. The monoisotopic (exact) mass is 214 g/mol. The van der Waals surface area contributed by atoms with E-state index in [1.54, 1.807) is 7.05 Å². The number of hydrogen-bond donors (Lipinski definition) is 1. The van der Waals surface area contributed by atoms with Gasteiger partial charge in [0.1, 0.15) is 6.04 Å². The molecule has 0 aliphatic carbocycles. The van der Waals surface area contributed by atoms with E-state index in [2.05, 4.69) is 26.1 Å². The molecule has 1 N–H and O–H groups in total. The highest BCUT2D eigenvalue weighted by atomic mass is 16.5. The highest BCUT2D eigenvalue weighted by molar-refractivity contribution is 5.82. The second-order valence-corrected chi connectivity index (χ2v) is 5.24. The molecule has 0 spiro atoms. The molecular formula is C11H22N2O2. The fourth-order valence-electron chi connectivity index (χ4n) is 1.71. The van der Waals surface area contributed by atoms with Gasteiger partial charge in [-0.25, -0.2) is 0 Å². The van der Waals surface area contributed by atoms with Gasteiger partial charge in [-0.15, -0.1) is 0 Å². The standard InChI is InChI=1S/C11H22N2O2/c1-11(2,3)8-13-5-6-15-7-9(12-4)10(13)14/h9,12H,5-8H2,1-4H3. The summed E-state index contributed by atoms with van der Waals surface area (Å²) in [5.74, 6) is 0.157. The number of nitrogens with one attached hydrogen (secondary N) is 1. The van der Waals surface area contributed by atoms with Crippen molar-refractivity contribution in [3.63, 3.8) is 0 Å². The smallest absolute Gasteiger partial charge is 0.242 e. The second-order valence-electron chi connectivity index (χ2n) is 5.24. The molecule has 1 unspecified atom stereocenters. The number of hydrogen-bond acceptors (Lipinski definition) is 3. The zero-order valence-electron chi connectivity index (χ0n) is 10.2. The maximum absolute atomic E-state index is 12.0. The second kappa shape index (κ2) is 4.94. The van der Waals surface area contributed by atoms with E-state index in [4.69, 9.17) is 4.74 Å². The summed E-state index contributed by atoms with van der Waals surface area (Å²) >= 11 is 0. The number of carbonyl (C=O) groups excluding carboxylic acids is 1. The zero-order chi connectivity index (χ0) is 11.5. The molecule has 0 bridgehead atoms. The van der Waals surface area contributed by atoms with Crippen LogP contribution in [-0.2, 0) is 9.53 Å². The first-order valence-corrected chi connectivity index (χ1v) is 5.48. The zero-order valence-corrected chi connectivity index (χ0v) is 10.2. The molecule has 1 saturated heterocycles. The summed E-state index contributed by atoms with van der Waals surface area (Å²) in [5.41, 5.74) is 0.137. The van der Waals surface area contributed by atoms with Gasteiger partial charge in [0.15, 0.2) is 0 Å². The predicted molar refractivity (Wildman–Crippen MR) is 59.7 cm³/mol. The SMILES string of the molecule is CNC1COCCN(CC(C)(C)C)C1=O. The van der Waals surface area contributed by atoms with Crippen molar-refractivity contribution in [3.05, 3.63) is 0 Å². The van der Waals surface area contributed by atoms with E-state index in [1.165, 1.54) is 0 Å². The lowest BCUT2D eigenvalue weighted by molar-refractivity contribution is -0.133. The van der Waals surface area contributed by atoms with Gasteiger partial charge in [-0.3, -0.25) is 4.79 Å². The average molecular weight is 214 g/mol. The lowest BCUT2D eigenvalue weighted by atomic mass is 9.96. The largest absolute Gasteiger partial charge is 0.377 e. The van der Waals surface area contributed by atoms with Crippen molar-refractivity contribution >= 4 is 5.91 Å². The fraction of sp³-hybridized carbons (Fsp3) is 0.909. The molecule has 0 saturated carbocycles. The van der Waals surface area contributed by atoms with Gasteiger partial charge in [-0.1, -0.05) is 20.8 Å². The first-order chi connectivity index (χ1) is 6.94. The van der Waals surface area contributed by atoms with Gasteiger partial charge in [0.05, 0.1) is 13.2 Å². The van der Waals surface area contributed by atoms with E-state index in [9.17, 15) is 4.79 Å². The number of likely N-dealkylation sites (N-methyl/N-ethyl adjacent to an activating group) is 1. The third-order valence-corrected chi connectivity index (χ3v) is 2.41. The third kappa shape index (κ3) is 3.80. The Bertz CT molecular complexity index is 223. The van der Waals surface area contributed by atoms with Gasteiger partial charge >= 0.3 is 0 Å². The summed E-state index contributed by atoms with van der Waals surface area (Å²) in [4.78, 5) is 13.9. The normalized spacial score (nSPS) is 24.1. The predicted octanol–water partition coefficient (Wildman–Crippen LogP) is 0.479. The van der Waals surface area contributed by atoms with Crippen LogP contribution >= 0.6 is 0 Å². The molecule has 4 heteroatoms. The van der Waals surface area contributed by atoms with Crippen LogP contribution in [0.2, 0.25) is 0 Å². The summed E-state index contributed by atoms with van der Waals surface area (Å²) in [6.07, 6.45) is 0. The summed E-state index contributed by atoms with van der Waals surface area (Å²) in [7, 11) is 1.80. The van der Waals surface area contributed by atoms with Gasteiger partial charge in [-0.05, 0) is 12.5 Å². The van der Waals surface area contributed by atoms with E-state index in [0.717, 1.165) is 6.54 Å². The molecule has 0 aromatic heterocycles. The Kier molecular flexibility index (Phi) is 4.11. The maximum atomic E-state index is 12.0. The van der Waals surface area contributed by atoms with Crippen LogP contribution in [0.15, 0.2) is 0 Å². The van der Waals surface area contributed by atoms with Crippen molar-refractivity contribution in [2.24, 2.45) is 5.41 Å². The van der Waals surface area contributed by atoms with Gasteiger partial charge in [0.25, 0.3) is 0 Å². The summed E-state index contributed by atoms with van der Waals surface area (Å²) < 4.78 is 5.39. The molecule has 0 aromatic carbocycles. The molecule has 1 amide bonds. The van der Waals surface area contributed by atoms with E-state index < -0.39 is 0 Å². The number of carbonyl (C=O) groups is 1. The van der Waals surface area contributed by atoms with Crippen molar-refractivity contribution in [1.29, 1.82) is 0 Å². The van der Waals surface area contributed by atoms with Gasteiger partial charge in [0.2, 0.25) is 5.91 Å². The van der Waals surface area contributed by atoms with Crippen molar-refractivity contribution in [2.75, 3.05) is 33.4 Å². The maximum Gasteiger partial charge on any atom is 0.242 e. The van der Waals surface area contributed by atoms with Crippen LogP contribution in [0, 0.1) is 5.41 Å². The van der Waals surface area contributed by atoms with Crippen LogP contribution < -0.4 is 5.32 Å². The van der Waals surface area contributed by atoms with E-state index in [0.29, 0.717) is 19.8 Å². The molecule has 1 fully saturated rings. The van der Waals surface area contributed by atoms with Gasteiger partial charge in [-0.2, -0.15) is 0 Å². The molecule has 1 rings (SSSR count). The molecule has 88 valence electrons. The van der Waals surface area contributed by atoms with Crippen molar-refractivity contribution < 1.29 is 9.53 Å². The Morgan fingerprint density at radius 2 is 2.20 bits per heavy atom. The van der Waals surface area contributed by atoms with Crippen LogP contribution in [0.3, 0.4) is 0 Å². The van der Waals surface area contributed by atoms with Crippen LogP contribution in [-0.4, -0.2) is 50.2 Å². The summed E-state index contributed by atoms with van der Waals surface area (Å²) in [6, 6.07) is -0.185. The van der Waals surface area contributed by atoms with Crippen molar-refractivity contribution in [3.8, 4) is 0 Å². The first-order valence-electron chi connectivity index (χ1n) is 5.48. The third-order valence-electron chi connectivity index (χ3n) is 2.41. The Hall–Kier alpha value is -0.610. The number of nitrogens with zero attached hydrogens (tertiary/aromatic N) is 1. The molecule has 0 radical (unpaired) electrons. The Morgan fingerprint density at radius 1 is 1.53 bits per heavy atom. The minimum Gasteiger partial charge on any atom is -0.377 e. The van der Waals surface area contributed by atoms with Gasteiger partial charge in [0, 0.05) is 13.1 Å². The minimum atomic E-state index is -0.185. The topological polar surface area (TPSA) is 41.6 Å². The van der Waals surface area contributed by atoms with Gasteiger partial charge < -0.3 is 15.0 Å². The molecular weight excluding hydrogens is 192 g/mol. The molecule has 0 aromatic rings. The Balaban J connectivity index is 2.65. The Labute approximate surface area is 92.0 Å². The molecule has 1 atom stereocenters. The quantitative estimate of drug-likeness (QED) is 0.727. The lowest BCUT2D eigenvalue weighted by Gasteiger charge is -2.30. The summed E-state index contributed by atoms with van der Waals surface area (Å²) in [6.45, 7) is 9.03. The fourth-order valence-corrected chi connectivity index (χ4v) is 1.71. The minimum absolute atomic E-state index is 0.137. The molecule has 1 aliphatic heterocycles. The molecule has 15 heavy (non-hydrogen) atoms. The van der Waals surface area contributed by atoms with E-state index >= 15 is 0 Å². The molecule has 1 heterocycles. The lowest BCUT2D eigenvalue weighted by Crippen LogP contribution is -2.48. The summed E-state index contributed by atoms with van der Waals surface area (Å²) in [5, 5.41) is 2.99. The number of ether oxygens (including phenoxy) is 1. The number of rotatable bonds is 2.